The number of halogens is 1. The van der Waals surface area contributed by atoms with E-state index in [0.29, 0.717) is 23.8 Å². The highest BCUT2D eigenvalue weighted by Gasteiger charge is 2.54. The van der Waals surface area contributed by atoms with Crippen molar-refractivity contribution >= 4 is 23.3 Å². The van der Waals surface area contributed by atoms with E-state index in [1.54, 1.807) is 0 Å². The van der Waals surface area contributed by atoms with Gasteiger partial charge in [-0.1, -0.05) is 72.3 Å². The molecule has 1 spiro atoms. The maximum Gasteiger partial charge on any atom is 0.331 e. The Bertz CT molecular complexity index is 1200. The minimum absolute atomic E-state index is 0.0215. The Morgan fingerprint density at radius 1 is 1.03 bits per heavy atom. The lowest BCUT2D eigenvalue weighted by Crippen LogP contribution is -2.53. The normalized spacial score (nSPS) is 25.8. The number of rotatable bonds is 7. The van der Waals surface area contributed by atoms with Gasteiger partial charge in [-0.25, -0.2) is 4.79 Å². The average Bonchev–Trinajstić information content (AvgIpc) is 3.21. The number of hydrogen-bond donors (Lipinski definition) is 2. The van der Waals surface area contributed by atoms with E-state index < -0.39 is 5.54 Å². The fourth-order valence-corrected chi connectivity index (χ4v) is 6.97. The molecule has 2 atom stereocenters. The summed E-state index contributed by atoms with van der Waals surface area (Å²) in [7, 11) is 1.47. The molecule has 1 fully saturated rings. The van der Waals surface area contributed by atoms with Crippen molar-refractivity contribution in [3.05, 3.63) is 101 Å². The van der Waals surface area contributed by atoms with Crippen LogP contribution in [0, 0.1) is 5.92 Å². The van der Waals surface area contributed by atoms with Crippen LogP contribution in [0.3, 0.4) is 0 Å². The average molecular weight is 504 g/mol. The minimum atomic E-state index is -0.789. The second-order valence-electron chi connectivity index (χ2n) is 10.4. The van der Waals surface area contributed by atoms with Crippen molar-refractivity contribution in [3.8, 4) is 0 Å². The summed E-state index contributed by atoms with van der Waals surface area (Å²) < 4.78 is 5.32. The fourth-order valence-electron chi connectivity index (χ4n) is 6.78. The molecule has 5 rings (SSSR count). The first-order chi connectivity index (χ1) is 17.5. The molecule has 3 aromatic rings. The third kappa shape index (κ3) is 4.53. The molecule has 0 saturated heterocycles. The van der Waals surface area contributed by atoms with Crippen molar-refractivity contribution in [2.45, 2.75) is 55.4 Å². The number of benzene rings is 3. The largest absolute Gasteiger partial charge is 0.467 e. The highest BCUT2D eigenvalue weighted by atomic mass is 35.5. The Morgan fingerprint density at radius 3 is 2.44 bits per heavy atom. The lowest BCUT2D eigenvalue weighted by molar-refractivity contribution is -0.148. The zero-order valence-electron chi connectivity index (χ0n) is 20.8. The summed E-state index contributed by atoms with van der Waals surface area (Å²) in [6.45, 7) is 0.134. The molecule has 0 bridgehead atoms. The third-order valence-electron chi connectivity index (χ3n) is 8.64. The first kappa shape index (κ1) is 24.9. The van der Waals surface area contributed by atoms with Crippen LogP contribution in [0.5, 0.6) is 0 Å². The lowest BCUT2D eigenvalue weighted by atomic mass is 9.59. The number of fused-ring (bicyclic) bond motifs is 2. The van der Waals surface area contributed by atoms with E-state index in [0.717, 1.165) is 31.4 Å². The molecule has 36 heavy (non-hydrogen) atoms. The summed E-state index contributed by atoms with van der Waals surface area (Å²) in [6.07, 6.45) is 5.03. The van der Waals surface area contributed by atoms with Crippen molar-refractivity contribution < 1.29 is 14.6 Å². The van der Waals surface area contributed by atoms with Gasteiger partial charge < -0.3 is 15.2 Å². The van der Waals surface area contributed by atoms with Crippen LogP contribution in [0.15, 0.2) is 78.9 Å². The van der Waals surface area contributed by atoms with Crippen LogP contribution in [0.2, 0.25) is 5.02 Å². The van der Waals surface area contributed by atoms with Crippen molar-refractivity contribution in [2.75, 3.05) is 19.0 Å². The van der Waals surface area contributed by atoms with Crippen molar-refractivity contribution in [3.63, 3.8) is 0 Å². The number of aliphatic hydroxyl groups excluding tert-OH is 1. The van der Waals surface area contributed by atoms with Gasteiger partial charge in [0.05, 0.1) is 7.11 Å². The monoisotopic (exact) mass is 503 g/mol. The maximum atomic E-state index is 13.2. The van der Waals surface area contributed by atoms with E-state index in [-0.39, 0.29) is 23.9 Å². The number of ether oxygens (including phenoxy) is 1. The van der Waals surface area contributed by atoms with Crippen LogP contribution < -0.4 is 5.32 Å². The van der Waals surface area contributed by atoms with E-state index in [4.69, 9.17) is 16.3 Å². The Labute approximate surface area is 218 Å². The molecule has 2 N–H and O–H groups in total. The van der Waals surface area contributed by atoms with Gasteiger partial charge in [-0.2, -0.15) is 0 Å². The predicted octanol–water partition coefficient (Wildman–Crippen LogP) is 6.51. The van der Waals surface area contributed by atoms with Crippen molar-refractivity contribution in [1.82, 2.24) is 0 Å². The number of carbonyl (C=O) groups is 1. The number of carbonyl (C=O) groups excluding carboxylic acids is 1. The number of hydrogen-bond acceptors (Lipinski definition) is 4. The predicted molar refractivity (Wildman–Crippen MR) is 144 cm³/mol. The molecule has 0 radical (unpaired) electrons. The zero-order valence-corrected chi connectivity index (χ0v) is 21.5. The molecule has 0 amide bonds. The van der Waals surface area contributed by atoms with Gasteiger partial charge in [0.25, 0.3) is 0 Å². The number of anilines is 1. The SMILES string of the molecule is COC(=O)C1(Nc2cccc(Cl)c2)CCC2(CC1)c1ccccc1C[C@@H]2C[C@@H](CO)c1ccccc1. The maximum absolute atomic E-state index is 13.2. The van der Waals surface area contributed by atoms with Crippen molar-refractivity contribution in [2.24, 2.45) is 5.92 Å². The molecule has 1 saturated carbocycles. The summed E-state index contributed by atoms with van der Waals surface area (Å²) in [5, 5.41) is 14.5. The van der Waals surface area contributed by atoms with Crippen LogP contribution in [0.25, 0.3) is 0 Å². The molecule has 188 valence electrons. The van der Waals surface area contributed by atoms with E-state index >= 15 is 0 Å². The smallest absolute Gasteiger partial charge is 0.331 e. The standard InChI is InChI=1S/C31H34ClNO3/c1-36-29(35)31(33-27-12-7-11-26(32)20-27)16-14-30(15-17-31)25(18-23-10-5-6-13-28(23)30)19-24(21-34)22-8-3-2-4-9-22/h2-13,20,24-25,33-34H,14-19,21H2,1H3/t24-,25+,30?,31?/m0/s1. The van der Waals surface area contributed by atoms with Gasteiger partial charge in [0.2, 0.25) is 0 Å². The quantitative estimate of drug-likeness (QED) is 0.360. The molecule has 4 nitrogen and oxygen atoms in total. The Balaban J connectivity index is 1.45. The number of methoxy groups -OCH3 is 1. The summed E-state index contributed by atoms with van der Waals surface area (Å²) in [5.41, 5.74) is 4.03. The highest BCUT2D eigenvalue weighted by Crippen LogP contribution is 2.56. The molecule has 0 unspecified atom stereocenters. The first-order valence-electron chi connectivity index (χ1n) is 12.9. The fraction of sp³-hybridized carbons (Fsp3) is 0.387. The van der Waals surface area contributed by atoms with Crippen LogP contribution in [0.4, 0.5) is 5.69 Å². The molecule has 2 aliphatic carbocycles. The number of esters is 1. The molecule has 0 aliphatic heterocycles. The molecular formula is C31H34ClNO3. The van der Waals surface area contributed by atoms with Gasteiger partial charge in [0.15, 0.2) is 0 Å². The van der Waals surface area contributed by atoms with Gasteiger partial charge in [0.1, 0.15) is 5.54 Å². The highest BCUT2D eigenvalue weighted by molar-refractivity contribution is 6.30. The second-order valence-corrected chi connectivity index (χ2v) is 10.9. The first-order valence-corrected chi connectivity index (χ1v) is 13.2. The molecular weight excluding hydrogens is 470 g/mol. The molecule has 0 heterocycles. The van der Waals surface area contributed by atoms with Gasteiger partial charge >= 0.3 is 5.97 Å². The molecule has 5 heteroatoms. The van der Waals surface area contributed by atoms with Gasteiger partial charge in [-0.15, -0.1) is 0 Å². The summed E-state index contributed by atoms with van der Waals surface area (Å²) >= 11 is 6.23. The van der Waals surface area contributed by atoms with Gasteiger partial charge in [-0.05, 0) is 84.7 Å². The molecule has 2 aliphatic rings. The number of aliphatic hydroxyl groups is 1. The molecule has 3 aromatic carbocycles. The van der Waals surface area contributed by atoms with Gasteiger partial charge in [0, 0.05) is 23.2 Å². The Hall–Kier alpha value is -2.82. The van der Waals surface area contributed by atoms with E-state index in [2.05, 4.69) is 41.7 Å². The summed E-state index contributed by atoms with van der Waals surface area (Å²) in [6, 6.07) is 26.7. The third-order valence-corrected chi connectivity index (χ3v) is 8.88. The van der Waals surface area contributed by atoms with E-state index in [1.165, 1.54) is 23.8 Å². The topological polar surface area (TPSA) is 58.6 Å². The van der Waals surface area contributed by atoms with Gasteiger partial charge in [-0.3, -0.25) is 0 Å². The minimum Gasteiger partial charge on any atom is -0.467 e. The number of nitrogens with one attached hydrogen (secondary N) is 1. The zero-order chi connectivity index (χ0) is 25.2. The summed E-state index contributed by atoms with van der Waals surface area (Å²) in [4.78, 5) is 13.2. The van der Waals surface area contributed by atoms with Crippen molar-refractivity contribution in [1.29, 1.82) is 0 Å². The van der Waals surface area contributed by atoms with Crippen LogP contribution in [-0.4, -0.2) is 30.3 Å². The lowest BCUT2D eigenvalue weighted by Gasteiger charge is -2.48. The molecule has 0 aromatic heterocycles. The summed E-state index contributed by atoms with van der Waals surface area (Å²) in [5.74, 6) is 0.269. The van der Waals surface area contributed by atoms with Crippen LogP contribution in [0.1, 0.15) is 54.7 Å². The second kappa shape index (κ2) is 10.3. The van der Waals surface area contributed by atoms with Crippen LogP contribution >= 0.6 is 11.6 Å². The Morgan fingerprint density at radius 2 is 1.75 bits per heavy atom. The Kier molecular flexibility index (Phi) is 7.09. The van der Waals surface area contributed by atoms with Crippen LogP contribution in [-0.2, 0) is 21.4 Å². The van der Waals surface area contributed by atoms with E-state index in [1.807, 2.05) is 42.5 Å². The van der Waals surface area contributed by atoms with E-state index in [9.17, 15) is 9.90 Å².